The standard InChI is InChI=1S/C18H22N2O4S2/c1-2-24-16-8-7-14(19-18(21)13-15-6-5-11-25-15)12-17(16)26(22,23)20-9-3-4-10-20/h5-8,11-12H,2-4,9-10,13H2,1H3,(H,19,21). The molecule has 0 spiro atoms. The van der Waals surface area contributed by atoms with Crippen LogP contribution in [0.3, 0.4) is 0 Å². The number of carbonyl (C=O) groups is 1. The van der Waals surface area contributed by atoms with Gasteiger partial charge in [-0.2, -0.15) is 4.31 Å². The first-order chi connectivity index (χ1) is 12.5. The number of hydrogen-bond donors (Lipinski definition) is 1. The number of nitrogens with one attached hydrogen (secondary N) is 1. The molecule has 8 heteroatoms. The molecule has 1 aliphatic heterocycles. The highest BCUT2D eigenvalue weighted by atomic mass is 32.2. The van der Waals surface area contributed by atoms with E-state index in [4.69, 9.17) is 4.74 Å². The van der Waals surface area contributed by atoms with Gasteiger partial charge in [-0.1, -0.05) is 6.07 Å². The van der Waals surface area contributed by atoms with Crippen molar-refractivity contribution in [3.05, 3.63) is 40.6 Å². The Balaban J connectivity index is 1.85. The van der Waals surface area contributed by atoms with Gasteiger partial charge in [0.15, 0.2) is 0 Å². The lowest BCUT2D eigenvalue weighted by molar-refractivity contribution is -0.115. The van der Waals surface area contributed by atoms with E-state index in [9.17, 15) is 13.2 Å². The molecule has 1 aromatic heterocycles. The van der Waals surface area contributed by atoms with Crippen molar-refractivity contribution in [2.75, 3.05) is 25.0 Å². The average molecular weight is 395 g/mol. The zero-order valence-electron chi connectivity index (χ0n) is 14.6. The number of anilines is 1. The van der Waals surface area contributed by atoms with Gasteiger partial charge in [0.25, 0.3) is 0 Å². The Hall–Kier alpha value is -1.90. The maximum atomic E-state index is 13.0. The lowest BCUT2D eigenvalue weighted by Crippen LogP contribution is -2.28. The third-order valence-corrected chi connectivity index (χ3v) is 6.92. The van der Waals surface area contributed by atoms with Crippen molar-refractivity contribution in [3.8, 4) is 5.75 Å². The molecule has 0 saturated carbocycles. The molecule has 1 fully saturated rings. The molecule has 0 radical (unpaired) electrons. The molecular weight excluding hydrogens is 372 g/mol. The van der Waals surface area contributed by atoms with E-state index in [-0.39, 0.29) is 17.2 Å². The Kier molecular flexibility index (Phi) is 5.95. The number of hydrogen-bond acceptors (Lipinski definition) is 5. The summed E-state index contributed by atoms with van der Waals surface area (Å²) in [7, 11) is -3.64. The summed E-state index contributed by atoms with van der Waals surface area (Å²) < 4.78 is 32.9. The van der Waals surface area contributed by atoms with Gasteiger partial charge in [0.05, 0.1) is 13.0 Å². The Labute approximate surface area is 157 Å². The summed E-state index contributed by atoms with van der Waals surface area (Å²) in [6, 6.07) is 8.55. The van der Waals surface area contributed by atoms with Gasteiger partial charge in [0.1, 0.15) is 10.6 Å². The van der Waals surface area contributed by atoms with Crippen LogP contribution in [0.2, 0.25) is 0 Å². The first kappa shape index (κ1) is 18.9. The fourth-order valence-electron chi connectivity index (χ4n) is 2.91. The van der Waals surface area contributed by atoms with Gasteiger partial charge in [-0.05, 0) is 49.4 Å². The van der Waals surface area contributed by atoms with E-state index in [2.05, 4.69) is 5.32 Å². The maximum absolute atomic E-state index is 13.0. The predicted molar refractivity (Wildman–Crippen MR) is 102 cm³/mol. The lowest BCUT2D eigenvalue weighted by Gasteiger charge is -2.19. The molecule has 0 atom stereocenters. The molecule has 2 aromatic rings. The molecule has 140 valence electrons. The van der Waals surface area contributed by atoms with Crippen molar-refractivity contribution in [2.24, 2.45) is 0 Å². The fraction of sp³-hybridized carbons (Fsp3) is 0.389. The minimum atomic E-state index is -3.64. The summed E-state index contributed by atoms with van der Waals surface area (Å²) in [6.07, 6.45) is 1.99. The summed E-state index contributed by atoms with van der Waals surface area (Å²) in [6.45, 7) is 3.21. The van der Waals surface area contributed by atoms with Gasteiger partial charge < -0.3 is 10.1 Å². The van der Waals surface area contributed by atoms with Gasteiger partial charge >= 0.3 is 0 Å². The highest BCUT2D eigenvalue weighted by Gasteiger charge is 2.30. The number of carbonyl (C=O) groups excluding carboxylic acids is 1. The van der Waals surface area contributed by atoms with Crippen molar-refractivity contribution < 1.29 is 17.9 Å². The van der Waals surface area contributed by atoms with E-state index in [0.717, 1.165) is 17.7 Å². The number of amides is 1. The normalized spacial score (nSPS) is 15.1. The molecule has 6 nitrogen and oxygen atoms in total. The number of thiophene rings is 1. The van der Waals surface area contributed by atoms with E-state index >= 15 is 0 Å². The van der Waals surface area contributed by atoms with Gasteiger partial charge in [0, 0.05) is 23.7 Å². The summed E-state index contributed by atoms with van der Waals surface area (Å²) in [4.78, 5) is 13.3. The minimum Gasteiger partial charge on any atom is -0.492 e. The molecular formula is C18H22N2O4S2. The average Bonchev–Trinajstić information content (AvgIpc) is 3.30. The second-order valence-corrected chi connectivity index (χ2v) is 8.95. The van der Waals surface area contributed by atoms with E-state index in [0.29, 0.717) is 31.1 Å². The number of benzene rings is 1. The SMILES string of the molecule is CCOc1ccc(NC(=O)Cc2cccs2)cc1S(=O)(=O)N1CCCC1. The summed E-state index contributed by atoms with van der Waals surface area (Å²) >= 11 is 1.51. The van der Waals surface area contributed by atoms with E-state index in [1.54, 1.807) is 12.1 Å². The monoisotopic (exact) mass is 394 g/mol. The van der Waals surface area contributed by atoms with Gasteiger partial charge in [-0.25, -0.2) is 8.42 Å². The zero-order valence-corrected chi connectivity index (χ0v) is 16.2. The van der Waals surface area contributed by atoms with Crippen LogP contribution in [-0.4, -0.2) is 38.3 Å². The van der Waals surface area contributed by atoms with E-state index in [1.807, 2.05) is 24.4 Å². The number of ether oxygens (including phenoxy) is 1. The minimum absolute atomic E-state index is 0.107. The third kappa shape index (κ3) is 4.25. The summed E-state index contributed by atoms with van der Waals surface area (Å²) in [5.74, 6) is 0.136. The van der Waals surface area contributed by atoms with Crippen LogP contribution in [-0.2, 0) is 21.2 Å². The van der Waals surface area contributed by atoms with Gasteiger partial charge in [-0.3, -0.25) is 4.79 Å². The first-order valence-corrected chi connectivity index (χ1v) is 10.9. The predicted octanol–water partition coefficient (Wildman–Crippen LogP) is 3.11. The smallest absolute Gasteiger partial charge is 0.246 e. The molecule has 1 aliphatic rings. The Bertz CT molecular complexity index is 857. The number of nitrogens with zero attached hydrogens (tertiary/aromatic N) is 1. The highest BCUT2D eigenvalue weighted by molar-refractivity contribution is 7.89. The second-order valence-electron chi connectivity index (χ2n) is 6.01. The van der Waals surface area contributed by atoms with Crippen LogP contribution < -0.4 is 10.1 Å². The van der Waals surface area contributed by atoms with Gasteiger partial charge in [0.2, 0.25) is 15.9 Å². The summed E-state index contributed by atoms with van der Waals surface area (Å²) in [5.41, 5.74) is 0.452. The fourth-order valence-corrected chi connectivity index (χ4v) is 5.28. The molecule has 0 bridgehead atoms. The lowest BCUT2D eigenvalue weighted by atomic mass is 10.2. The van der Waals surface area contributed by atoms with Crippen molar-refractivity contribution in [1.82, 2.24) is 4.31 Å². The first-order valence-electron chi connectivity index (χ1n) is 8.60. The second kappa shape index (κ2) is 8.20. The molecule has 1 amide bonds. The number of rotatable bonds is 7. The van der Waals surface area contributed by atoms with Crippen molar-refractivity contribution in [2.45, 2.75) is 31.1 Å². The summed E-state index contributed by atoms with van der Waals surface area (Å²) in [5, 5.41) is 4.70. The van der Waals surface area contributed by atoms with Crippen molar-refractivity contribution in [3.63, 3.8) is 0 Å². The van der Waals surface area contributed by atoms with Crippen molar-refractivity contribution in [1.29, 1.82) is 0 Å². The van der Waals surface area contributed by atoms with E-state index < -0.39 is 10.0 Å². The maximum Gasteiger partial charge on any atom is 0.246 e. The van der Waals surface area contributed by atoms with Crippen LogP contribution in [0.5, 0.6) is 5.75 Å². The third-order valence-electron chi connectivity index (χ3n) is 4.13. The molecule has 1 N–H and O–H groups in total. The van der Waals surface area contributed by atoms with Crippen LogP contribution in [0.1, 0.15) is 24.6 Å². The number of sulfonamides is 1. The molecule has 0 aliphatic carbocycles. The molecule has 0 unspecified atom stereocenters. The largest absolute Gasteiger partial charge is 0.492 e. The highest BCUT2D eigenvalue weighted by Crippen LogP contribution is 2.31. The zero-order chi connectivity index (χ0) is 18.6. The Morgan fingerprint density at radius 3 is 2.69 bits per heavy atom. The van der Waals surface area contributed by atoms with Crippen LogP contribution in [0.25, 0.3) is 0 Å². The van der Waals surface area contributed by atoms with Crippen molar-refractivity contribution >= 4 is 33.0 Å². The van der Waals surface area contributed by atoms with E-state index in [1.165, 1.54) is 21.7 Å². The Morgan fingerprint density at radius 2 is 2.04 bits per heavy atom. The van der Waals surface area contributed by atoms with Crippen LogP contribution in [0.4, 0.5) is 5.69 Å². The quantitative estimate of drug-likeness (QED) is 0.783. The molecule has 3 rings (SSSR count). The molecule has 1 aromatic carbocycles. The Morgan fingerprint density at radius 1 is 1.27 bits per heavy atom. The molecule has 2 heterocycles. The van der Waals surface area contributed by atoms with Crippen LogP contribution >= 0.6 is 11.3 Å². The van der Waals surface area contributed by atoms with Gasteiger partial charge in [-0.15, -0.1) is 11.3 Å². The molecule has 26 heavy (non-hydrogen) atoms. The molecule has 1 saturated heterocycles. The topological polar surface area (TPSA) is 75.7 Å². The van der Waals surface area contributed by atoms with Crippen LogP contribution in [0, 0.1) is 0 Å². The van der Waals surface area contributed by atoms with Crippen LogP contribution in [0.15, 0.2) is 40.6 Å².